The second-order valence-electron chi connectivity index (χ2n) is 6.17. The van der Waals surface area contributed by atoms with Crippen molar-refractivity contribution >= 4 is 12.0 Å². The predicted molar refractivity (Wildman–Crippen MR) is 96.8 cm³/mol. The quantitative estimate of drug-likeness (QED) is 0.859. The van der Waals surface area contributed by atoms with Crippen LogP contribution in [0.25, 0.3) is 6.08 Å². The van der Waals surface area contributed by atoms with Crippen LogP contribution in [-0.4, -0.2) is 53.4 Å². The van der Waals surface area contributed by atoms with Crippen molar-refractivity contribution in [1.29, 1.82) is 0 Å². The highest BCUT2D eigenvalue weighted by molar-refractivity contribution is 5.92. The van der Waals surface area contributed by atoms with Crippen LogP contribution in [0.5, 0.6) is 0 Å². The molecule has 1 aromatic carbocycles. The van der Waals surface area contributed by atoms with Gasteiger partial charge in [0.1, 0.15) is 11.5 Å². The summed E-state index contributed by atoms with van der Waals surface area (Å²) in [6, 6.07) is 13.0. The van der Waals surface area contributed by atoms with Crippen LogP contribution in [-0.2, 0) is 0 Å². The number of rotatable bonds is 4. The molecule has 0 bridgehead atoms. The number of benzene rings is 1. The average Bonchev–Trinajstić information content (AvgIpc) is 2.65. The Morgan fingerprint density at radius 1 is 1.12 bits per heavy atom. The first-order valence-corrected chi connectivity index (χ1v) is 8.50. The van der Waals surface area contributed by atoms with Crippen LogP contribution >= 0.6 is 0 Å². The largest absolute Gasteiger partial charge is 0.335 e. The van der Waals surface area contributed by atoms with Crippen molar-refractivity contribution < 1.29 is 9.18 Å². The maximum atomic E-state index is 13.3. The molecule has 1 aliphatic rings. The predicted octanol–water partition coefficient (Wildman–Crippen LogP) is 3.00. The zero-order chi connectivity index (χ0) is 17.6. The summed E-state index contributed by atoms with van der Waals surface area (Å²) in [5, 5.41) is 0. The summed E-state index contributed by atoms with van der Waals surface area (Å²) in [6.07, 6.45) is 4.26. The molecule has 1 saturated heterocycles. The Morgan fingerprint density at radius 2 is 1.84 bits per heavy atom. The number of carbonyl (C=O) groups excluding carboxylic acids is 1. The van der Waals surface area contributed by atoms with Crippen LogP contribution in [0.15, 0.2) is 48.5 Å². The van der Waals surface area contributed by atoms with Crippen LogP contribution in [0.2, 0.25) is 0 Å². The second kappa shape index (κ2) is 8.03. The van der Waals surface area contributed by atoms with E-state index in [0.29, 0.717) is 18.8 Å². The first-order valence-electron chi connectivity index (χ1n) is 8.50. The molecule has 0 atom stereocenters. The SMILES string of the molecule is Cc1nc(C(=O)N2CCN(C/C=C/c3ccccc3)CC2)ccc1F. The molecule has 25 heavy (non-hydrogen) atoms. The van der Waals surface area contributed by atoms with Gasteiger partial charge in [0, 0.05) is 32.7 Å². The zero-order valence-electron chi connectivity index (χ0n) is 14.4. The van der Waals surface area contributed by atoms with E-state index in [0.717, 1.165) is 19.6 Å². The van der Waals surface area contributed by atoms with Crippen molar-refractivity contribution in [2.75, 3.05) is 32.7 Å². The first kappa shape index (κ1) is 17.3. The number of aryl methyl sites for hydroxylation is 1. The van der Waals surface area contributed by atoms with E-state index in [2.05, 4.69) is 34.2 Å². The smallest absolute Gasteiger partial charge is 0.272 e. The highest BCUT2D eigenvalue weighted by atomic mass is 19.1. The lowest BCUT2D eigenvalue weighted by Crippen LogP contribution is -2.48. The van der Waals surface area contributed by atoms with Gasteiger partial charge in [0.15, 0.2) is 0 Å². The highest BCUT2D eigenvalue weighted by Crippen LogP contribution is 2.10. The number of hydrogen-bond acceptors (Lipinski definition) is 3. The van der Waals surface area contributed by atoms with E-state index in [4.69, 9.17) is 0 Å². The van der Waals surface area contributed by atoms with Crippen molar-refractivity contribution in [3.63, 3.8) is 0 Å². The minimum Gasteiger partial charge on any atom is -0.335 e. The molecule has 0 saturated carbocycles. The van der Waals surface area contributed by atoms with Gasteiger partial charge in [0.05, 0.1) is 5.69 Å². The number of halogens is 1. The molecule has 1 aromatic heterocycles. The van der Waals surface area contributed by atoms with Crippen molar-refractivity contribution in [3.8, 4) is 0 Å². The zero-order valence-corrected chi connectivity index (χ0v) is 14.4. The molecule has 0 unspecified atom stereocenters. The molecule has 2 heterocycles. The number of aromatic nitrogens is 1. The summed E-state index contributed by atoms with van der Waals surface area (Å²) in [4.78, 5) is 20.6. The van der Waals surface area contributed by atoms with E-state index in [1.165, 1.54) is 17.7 Å². The summed E-state index contributed by atoms with van der Waals surface area (Å²) in [6.45, 7) is 5.41. The van der Waals surface area contributed by atoms with Gasteiger partial charge in [-0.3, -0.25) is 9.69 Å². The lowest BCUT2D eigenvalue weighted by Gasteiger charge is -2.34. The Labute approximate surface area is 147 Å². The monoisotopic (exact) mass is 339 g/mol. The minimum atomic E-state index is -0.383. The summed E-state index contributed by atoms with van der Waals surface area (Å²) >= 11 is 0. The fourth-order valence-corrected chi connectivity index (χ4v) is 2.86. The molecular formula is C20H22FN3O. The number of nitrogens with zero attached hydrogens (tertiary/aromatic N) is 3. The molecule has 4 nitrogen and oxygen atoms in total. The standard InChI is InChI=1S/C20H22FN3O/c1-16-18(21)9-10-19(22-16)20(25)24-14-12-23(13-15-24)11-5-8-17-6-3-2-4-7-17/h2-10H,11-15H2,1H3/b8-5+. The molecule has 0 radical (unpaired) electrons. The lowest BCUT2D eigenvalue weighted by molar-refractivity contribution is 0.0644. The number of amides is 1. The van der Waals surface area contributed by atoms with Gasteiger partial charge in [-0.1, -0.05) is 42.5 Å². The van der Waals surface area contributed by atoms with Crippen LogP contribution in [0.3, 0.4) is 0 Å². The van der Waals surface area contributed by atoms with Gasteiger partial charge in [0.2, 0.25) is 0 Å². The third-order valence-electron chi connectivity index (χ3n) is 4.37. The number of piperazine rings is 1. The van der Waals surface area contributed by atoms with E-state index in [1.54, 1.807) is 11.8 Å². The number of hydrogen-bond donors (Lipinski definition) is 0. The highest BCUT2D eigenvalue weighted by Gasteiger charge is 2.22. The van der Waals surface area contributed by atoms with Crippen LogP contribution in [0.1, 0.15) is 21.7 Å². The Hall–Kier alpha value is -2.53. The molecule has 1 fully saturated rings. The van der Waals surface area contributed by atoms with E-state index in [1.807, 2.05) is 18.2 Å². The fraction of sp³-hybridized carbons (Fsp3) is 0.300. The molecule has 0 aliphatic carbocycles. The molecule has 1 aliphatic heterocycles. The van der Waals surface area contributed by atoms with Crippen molar-refractivity contribution in [2.24, 2.45) is 0 Å². The van der Waals surface area contributed by atoms with E-state index >= 15 is 0 Å². The van der Waals surface area contributed by atoms with Gasteiger partial charge in [-0.2, -0.15) is 0 Å². The van der Waals surface area contributed by atoms with Gasteiger partial charge in [-0.25, -0.2) is 9.37 Å². The van der Waals surface area contributed by atoms with Crippen LogP contribution in [0, 0.1) is 12.7 Å². The molecule has 0 N–H and O–H groups in total. The molecule has 1 amide bonds. The number of carbonyl (C=O) groups is 1. The van der Waals surface area contributed by atoms with Gasteiger partial charge in [0.25, 0.3) is 5.91 Å². The summed E-state index contributed by atoms with van der Waals surface area (Å²) in [5.74, 6) is -0.505. The van der Waals surface area contributed by atoms with Gasteiger partial charge >= 0.3 is 0 Å². The average molecular weight is 339 g/mol. The van der Waals surface area contributed by atoms with E-state index < -0.39 is 0 Å². The maximum Gasteiger partial charge on any atom is 0.272 e. The topological polar surface area (TPSA) is 36.4 Å². The third kappa shape index (κ3) is 4.51. The Balaban J connectivity index is 1.50. The Kier molecular flexibility index (Phi) is 5.56. The molecule has 5 heteroatoms. The summed E-state index contributed by atoms with van der Waals surface area (Å²) in [7, 11) is 0. The third-order valence-corrected chi connectivity index (χ3v) is 4.37. The van der Waals surface area contributed by atoms with E-state index in [-0.39, 0.29) is 17.4 Å². The molecular weight excluding hydrogens is 317 g/mol. The Bertz CT molecular complexity index is 753. The molecule has 3 rings (SSSR count). The first-order chi connectivity index (χ1) is 12.1. The molecule has 2 aromatic rings. The second-order valence-corrected chi connectivity index (χ2v) is 6.17. The van der Waals surface area contributed by atoms with Crippen molar-refractivity contribution in [1.82, 2.24) is 14.8 Å². The van der Waals surface area contributed by atoms with Gasteiger partial charge in [-0.15, -0.1) is 0 Å². The fourth-order valence-electron chi connectivity index (χ4n) is 2.86. The number of pyridine rings is 1. The molecule has 0 spiro atoms. The van der Waals surface area contributed by atoms with Crippen molar-refractivity contribution in [2.45, 2.75) is 6.92 Å². The van der Waals surface area contributed by atoms with Gasteiger partial charge < -0.3 is 4.90 Å². The maximum absolute atomic E-state index is 13.3. The van der Waals surface area contributed by atoms with Gasteiger partial charge in [-0.05, 0) is 24.6 Å². The van der Waals surface area contributed by atoms with E-state index in [9.17, 15) is 9.18 Å². The van der Waals surface area contributed by atoms with Crippen LogP contribution < -0.4 is 0 Å². The normalized spacial score (nSPS) is 15.7. The van der Waals surface area contributed by atoms with Crippen molar-refractivity contribution in [3.05, 3.63) is 71.3 Å². The summed E-state index contributed by atoms with van der Waals surface area (Å²) < 4.78 is 13.3. The summed E-state index contributed by atoms with van der Waals surface area (Å²) in [5.41, 5.74) is 1.76. The minimum absolute atomic E-state index is 0.123. The van der Waals surface area contributed by atoms with Crippen LogP contribution in [0.4, 0.5) is 4.39 Å². The Morgan fingerprint density at radius 3 is 2.52 bits per heavy atom. The lowest BCUT2D eigenvalue weighted by atomic mass is 10.2. The molecule has 130 valence electrons.